The van der Waals surface area contributed by atoms with Crippen molar-refractivity contribution in [1.29, 1.82) is 0 Å². The maximum absolute atomic E-state index is 6.09. The Kier molecular flexibility index (Phi) is 3.94. The second-order valence-corrected chi connectivity index (χ2v) is 6.45. The molecular weight excluding hydrogens is 274 g/mol. The fourth-order valence-electron chi connectivity index (χ4n) is 3.07. The zero-order chi connectivity index (χ0) is 15.9. The smallest absolute Gasteiger partial charge is 0.216 e. The number of aryl methyl sites for hydroxylation is 3. The summed E-state index contributed by atoms with van der Waals surface area (Å²) in [5, 5.41) is 4.84. The van der Waals surface area contributed by atoms with Gasteiger partial charge in [-0.15, -0.1) is 0 Å². The van der Waals surface area contributed by atoms with Crippen LogP contribution >= 0.6 is 0 Å². The van der Waals surface area contributed by atoms with Crippen molar-refractivity contribution in [2.75, 3.05) is 0 Å². The summed E-state index contributed by atoms with van der Waals surface area (Å²) in [4.78, 5) is 4.70. The Morgan fingerprint density at radius 1 is 1.36 bits per heavy atom. The summed E-state index contributed by atoms with van der Waals surface area (Å²) in [6.45, 7) is 11.7. The largest absolute Gasteiger partial charge is 0.475 e. The molecule has 0 aliphatic carbocycles. The van der Waals surface area contributed by atoms with E-state index < -0.39 is 0 Å². The van der Waals surface area contributed by atoms with Crippen LogP contribution in [-0.2, 0) is 13.0 Å². The van der Waals surface area contributed by atoms with E-state index in [1.165, 1.54) is 5.56 Å². The number of hydrogen-bond acceptors (Lipinski definition) is 3. The molecular formula is C18H25N3O. The first-order valence-electron chi connectivity index (χ1n) is 8.25. The van der Waals surface area contributed by atoms with E-state index in [9.17, 15) is 0 Å². The van der Waals surface area contributed by atoms with Gasteiger partial charge in [-0.1, -0.05) is 20.8 Å². The second kappa shape index (κ2) is 5.75. The monoisotopic (exact) mass is 299 g/mol. The maximum atomic E-state index is 6.09. The summed E-state index contributed by atoms with van der Waals surface area (Å²) in [5.41, 5.74) is 5.54. The van der Waals surface area contributed by atoms with Gasteiger partial charge in [0.25, 0.3) is 0 Å². The Hall–Kier alpha value is -1.84. The Morgan fingerprint density at radius 2 is 2.14 bits per heavy atom. The topological polar surface area (TPSA) is 39.9 Å². The minimum absolute atomic E-state index is 0.260. The molecule has 0 saturated heterocycles. The van der Waals surface area contributed by atoms with E-state index in [1.807, 2.05) is 4.68 Å². The third kappa shape index (κ3) is 2.51. The fourth-order valence-corrected chi connectivity index (χ4v) is 3.07. The van der Waals surface area contributed by atoms with E-state index >= 15 is 0 Å². The minimum atomic E-state index is 0.260. The lowest BCUT2D eigenvalue weighted by Crippen LogP contribution is -2.23. The van der Waals surface area contributed by atoms with Crippen molar-refractivity contribution in [3.05, 3.63) is 29.1 Å². The van der Waals surface area contributed by atoms with E-state index in [1.54, 1.807) is 0 Å². The summed E-state index contributed by atoms with van der Waals surface area (Å²) in [6.07, 6.45) is 2.23. The van der Waals surface area contributed by atoms with Gasteiger partial charge in [0.2, 0.25) is 5.88 Å². The summed E-state index contributed by atoms with van der Waals surface area (Å²) >= 11 is 0. The van der Waals surface area contributed by atoms with Crippen LogP contribution < -0.4 is 4.74 Å². The van der Waals surface area contributed by atoms with Gasteiger partial charge in [-0.05, 0) is 38.3 Å². The average Bonchev–Trinajstić information content (AvgIpc) is 2.85. The van der Waals surface area contributed by atoms with E-state index in [2.05, 4.69) is 46.8 Å². The molecule has 2 aromatic heterocycles. The highest BCUT2D eigenvalue weighted by atomic mass is 16.5. The molecule has 0 spiro atoms. The van der Waals surface area contributed by atoms with Gasteiger partial charge in [0, 0.05) is 35.5 Å². The van der Waals surface area contributed by atoms with Crippen LogP contribution in [0.1, 0.15) is 57.0 Å². The second-order valence-electron chi connectivity index (χ2n) is 6.45. The predicted octanol–water partition coefficient (Wildman–Crippen LogP) is 4.11. The molecule has 0 bridgehead atoms. The van der Waals surface area contributed by atoms with Crippen molar-refractivity contribution >= 4 is 0 Å². The van der Waals surface area contributed by atoms with Crippen molar-refractivity contribution in [2.24, 2.45) is 0 Å². The molecule has 118 valence electrons. The summed E-state index contributed by atoms with van der Waals surface area (Å²) in [5.74, 6) is 1.32. The molecule has 0 fully saturated rings. The van der Waals surface area contributed by atoms with Crippen LogP contribution in [-0.4, -0.2) is 20.9 Å². The highest BCUT2D eigenvalue weighted by Crippen LogP contribution is 2.39. The van der Waals surface area contributed by atoms with Gasteiger partial charge in [0.15, 0.2) is 0 Å². The number of pyridine rings is 1. The van der Waals surface area contributed by atoms with Crippen molar-refractivity contribution in [3.8, 4) is 17.1 Å². The molecule has 0 N–H and O–H groups in total. The molecule has 3 heterocycles. The lowest BCUT2D eigenvalue weighted by molar-refractivity contribution is 0.147. The Morgan fingerprint density at radius 3 is 2.77 bits per heavy atom. The zero-order valence-corrected chi connectivity index (χ0v) is 14.2. The first-order chi connectivity index (χ1) is 10.5. The highest BCUT2D eigenvalue weighted by Gasteiger charge is 2.28. The molecule has 1 atom stereocenters. The van der Waals surface area contributed by atoms with Crippen molar-refractivity contribution in [1.82, 2.24) is 14.8 Å². The van der Waals surface area contributed by atoms with Gasteiger partial charge >= 0.3 is 0 Å². The van der Waals surface area contributed by atoms with Crippen LogP contribution in [0.2, 0.25) is 0 Å². The molecule has 1 aliphatic heterocycles. The predicted molar refractivity (Wildman–Crippen MR) is 88.4 cm³/mol. The number of aromatic nitrogens is 3. The van der Waals surface area contributed by atoms with Crippen LogP contribution in [0.15, 0.2) is 12.1 Å². The number of rotatable bonds is 3. The fraction of sp³-hybridized carbons (Fsp3) is 0.556. The van der Waals surface area contributed by atoms with Crippen LogP contribution in [0.4, 0.5) is 0 Å². The maximum Gasteiger partial charge on any atom is 0.216 e. The van der Waals surface area contributed by atoms with E-state index in [0.29, 0.717) is 5.92 Å². The van der Waals surface area contributed by atoms with Crippen molar-refractivity contribution in [3.63, 3.8) is 0 Å². The quantitative estimate of drug-likeness (QED) is 0.856. The van der Waals surface area contributed by atoms with Crippen LogP contribution in [0.25, 0.3) is 11.3 Å². The van der Waals surface area contributed by atoms with Crippen LogP contribution in [0.5, 0.6) is 5.88 Å². The Balaban J connectivity index is 2.15. The number of fused-ring (bicyclic) bond motifs is 1. The minimum Gasteiger partial charge on any atom is -0.475 e. The SMILES string of the molecule is CCc1ccc(-c2nn3c(c2C(C)C)O[C@H](C)CC3)c(C)n1. The number of hydrogen-bond donors (Lipinski definition) is 0. The first kappa shape index (κ1) is 15.1. The molecule has 0 radical (unpaired) electrons. The summed E-state index contributed by atoms with van der Waals surface area (Å²) < 4.78 is 8.12. The van der Waals surface area contributed by atoms with Crippen molar-refractivity contribution < 1.29 is 4.74 Å². The van der Waals surface area contributed by atoms with Gasteiger partial charge in [0.05, 0.1) is 6.10 Å². The lowest BCUT2D eigenvalue weighted by atomic mass is 9.98. The molecule has 0 amide bonds. The van der Waals surface area contributed by atoms with Crippen LogP contribution in [0.3, 0.4) is 0 Å². The third-order valence-electron chi connectivity index (χ3n) is 4.34. The van der Waals surface area contributed by atoms with Crippen molar-refractivity contribution in [2.45, 2.75) is 66.0 Å². The van der Waals surface area contributed by atoms with Crippen LogP contribution in [0, 0.1) is 6.92 Å². The normalized spacial score (nSPS) is 17.5. The standard InChI is InChI=1S/C18H25N3O/c1-6-14-7-8-15(13(5)19-14)17-16(11(2)3)18-21(20-17)10-9-12(4)22-18/h7-8,11-12H,6,9-10H2,1-5H3/t12-/m1/s1. The number of nitrogens with zero attached hydrogens (tertiary/aromatic N) is 3. The molecule has 22 heavy (non-hydrogen) atoms. The zero-order valence-electron chi connectivity index (χ0n) is 14.2. The number of ether oxygens (including phenoxy) is 1. The first-order valence-corrected chi connectivity index (χ1v) is 8.25. The van der Waals surface area contributed by atoms with Gasteiger partial charge in [-0.25, -0.2) is 4.68 Å². The van der Waals surface area contributed by atoms with Gasteiger partial charge < -0.3 is 4.74 Å². The van der Waals surface area contributed by atoms with Gasteiger partial charge in [-0.2, -0.15) is 5.10 Å². The molecule has 4 heteroatoms. The van der Waals surface area contributed by atoms with E-state index in [4.69, 9.17) is 14.8 Å². The molecule has 4 nitrogen and oxygen atoms in total. The summed E-state index contributed by atoms with van der Waals surface area (Å²) in [7, 11) is 0. The molecule has 2 aromatic rings. The average molecular weight is 299 g/mol. The van der Waals surface area contributed by atoms with Gasteiger partial charge in [0.1, 0.15) is 5.69 Å². The molecule has 0 unspecified atom stereocenters. The molecule has 3 rings (SSSR count). The lowest BCUT2D eigenvalue weighted by Gasteiger charge is -2.23. The molecule has 0 aromatic carbocycles. The summed E-state index contributed by atoms with van der Waals surface area (Å²) in [6, 6.07) is 4.26. The highest BCUT2D eigenvalue weighted by molar-refractivity contribution is 5.68. The third-order valence-corrected chi connectivity index (χ3v) is 4.34. The Labute approximate surface area is 132 Å². The molecule has 1 aliphatic rings. The van der Waals surface area contributed by atoms with E-state index in [-0.39, 0.29) is 6.10 Å². The molecule has 0 saturated carbocycles. The van der Waals surface area contributed by atoms with Gasteiger partial charge in [-0.3, -0.25) is 4.98 Å². The van der Waals surface area contributed by atoms with E-state index in [0.717, 1.165) is 47.9 Å². The Bertz CT molecular complexity index is 688.